The zero-order valence-electron chi connectivity index (χ0n) is 9.35. The highest BCUT2D eigenvalue weighted by molar-refractivity contribution is 5.73. The smallest absolute Gasteiger partial charge is 0.304 e. The lowest BCUT2D eigenvalue weighted by Crippen LogP contribution is -2.38. The summed E-state index contributed by atoms with van der Waals surface area (Å²) in [6.07, 6.45) is 5.86. The molecule has 0 N–H and O–H groups in total. The lowest BCUT2D eigenvalue weighted by Gasteiger charge is -2.37. The van der Waals surface area contributed by atoms with Crippen molar-refractivity contribution < 1.29 is 19.1 Å². The Labute approximate surface area is 94.6 Å². The maximum atomic E-state index is 10.8. The molecule has 1 aliphatic carbocycles. The number of hydrogen-bond acceptors (Lipinski definition) is 4. The van der Waals surface area contributed by atoms with Crippen LogP contribution >= 0.6 is 0 Å². The fourth-order valence-corrected chi connectivity index (χ4v) is 2.39. The molecule has 1 fully saturated rings. The van der Waals surface area contributed by atoms with Gasteiger partial charge in [-0.15, -0.1) is 0 Å². The van der Waals surface area contributed by atoms with Gasteiger partial charge in [-0.05, 0) is 24.8 Å². The summed E-state index contributed by atoms with van der Waals surface area (Å²) in [5, 5.41) is 0. The van der Waals surface area contributed by atoms with Crippen molar-refractivity contribution in [3.63, 3.8) is 0 Å². The van der Waals surface area contributed by atoms with Crippen LogP contribution in [0.1, 0.15) is 32.6 Å². The van der Waals surface area contributed by atoms with Gasteiger partial charge in [-0.25, -0.2) is 0 Å². The molecule has 88 valence electrons. The average Bonchev–Trinajstić information content (AvgIpc) is 2.27. The van der Waals surface area contributed by atoms with Crippen molar-refractivity contribution >= 4 is 12.3 Å². The third-order valence-electron chi connectivity index (χ3n) is 3.13. The van der Waals surface area contributed by atoms with Crippen LogP contribution in [0.2, 0.25) is 0 Å². The average molecular weight is 224 g/mol. The number of hydrogen-bond donors (Lipinski definition) is 0. The monoisotopic (exact) mass is 224 g/mol. The first-order valence-electron chi connectivity index (χ1n) is 5.67. The summed E-state index contributed by atoms with van der Waals surface area (Å²) >= 11 is 0. The highest BCUT2D eigenvalue weighted by atomic mass is 16.7. The topological polar surface area (TPSA) is 52.6 Å². The summed E-state index contributed by atoms with van der Waals surface area (Å²) in [6, 6.07) is 0. The van der Waals surface area contributed by atoms with Crippen molar-refractivity contribution in [2.24, 2.45) is 5.92 Å². The van der Waals surface area contributed by atoms with E-state index < -0.39 is 6.29 Å². The van der Waals surface area contributed by atoms with Gasteiger partial charge in [0.15, 0.2) is 0 Å². The van der Waals surface area contributed by atoms with E-state index in [1.54, 1.807) is 0 Å². The lowest BCUT2D eigenvalue weighted by molar-refractivity contribution is -0.208. The molecule has 0 bridgehead atoms. The van der Waals surface area contributed by atoms with Gasteiger partial charge < -0.3 is 9.47 Å². The van der Waals surface area contributed by atoms with E-state index in [1.165, 1.54) is 6.92 Å². The first kappa shape index (κ1) is 11.3. The summed E-state index contributed by atoms with van der Waals surface area (Å²) in [5.74, 6) is 0.00383. The molecule has 0 saturated carbocycles. The molecule has 0 amide bonds. The molecule has 0 aromatic heterocycles. The molecule has 0 spiro atoms. The Morgan fingerprint density at radius 1 is 1.50 bits per heavy atom. The van der Waals surface area contributed by atoms with Crippen molar-refractivity contribution in [3.05, 3.63) is 11.6 Å². The number of rotatable bonds is 2. The molecule has 0 radical (unpaired) electrons. The number of esters is 1. The van der Waals surface area contributed by atoms with Gasteiger partial charge >= 0.3 is 5.97 Å². The number of aldehydes is 1. The Balaban J connectivity index is 1.95. The third kappa shape index (κ3) is 2.50. The van der Waals surface area contributed by atoms with Crippen molar-refractivity contribution in [2.45, 2.75) is 45.0 Å². The molecular formula is C12H16O4. The van der Waals surface area contributed by atoms with E-state index >= 15 is 0 Å². The van der Waals surface area contributed by atoms with Crippen LogP contribution in [0, 0.1) is 5.92 Å². The standard InChI is InChI=1S/C12H16O4/c1-8(14)15-12-5-3-10-6-9(7-13)2-4-11(10)16-12/h6-7,10-12H,2-5H2,1H3/t10-,11-,12+/m0/s1. The van der Waals surface area contributed by atoms with Gasteiger partial charge in [0.25, 0.3) is 0 Å². The van der Waals surface area contributed by atoms with Crippen LogP contribution in [-0.2, 0) is 19.1 Å². The third-order valence-corrected chi connectivity index (χ3v) is 3.13. The normalized spacial score (nSPS) is 33.6. The van der Waals surface area contributed by atoms with E-state index in [0.29, 0.717) is 12.3 Å². The van der Waals surface area contributed by atoms with Crippen molar-refractivity contribution in [3.8, 4) is 0 Å². The van der Waals surface area contributed by atoms with Gasteiger partial charge in [-0.2, -0.15) is 0 Å². The van der Waals surface area contributed by atoms with E-state index in [4.69, 9.17) is 9.47 Å². The largest absolute Gasteiger partial charge is 0.436 e. The van der Waals surface area contributed by atoms with Crippen molar-refractivity contribution in [1.82, 2.24) is 0 Å². The predicted molar refractivity (Wildman–Crippen MR) is 56.5 cm³/mol. The zero-order valence-corrected chi connectivity index (χ0v) is 9.35. The fraction of sp³-hybridized carbons (Fsp3) is 0.667. The Kier molecular flexibility index (Phi) is 3.39. The zero-order chi connectivity index (χ0) is 11.5. The molecule has 4 heteroatoms. The van der Waals surface area contributed by atoms with Gasteiger partial charge in [0.05, 0.1) is 6.10 Å². The minimum Gasteiger partial charge on any atom is -0.436 e. The van der Waals surface area contributed by atoms with Gasteiger partial charge in [0.2, 0.25) is 6.29 Å². The van der Waals surface area contributed by atoms with Gasteiger partial charge in [-0.1, -0.05) is 6.08 Å². The first-order chi connectivity index (χ1) is 7.69. The number of carbonyl (C=O) groups is 2. The number of ether oxygens (including phenoxy) is 2. The molecule has 1 heterocycles. The molecule has 16 heavy (non-hydrogen) atoms. The quantitative estimate of drug-likeness (QED) is 0.528. The van der Waals surface area contributed by atoms with Crippen LogP contribution in [0.3, 0.4) is 0 Å². The van der Waals surface area contributed by atoms with Crippen LogP contribution in [0.25, 0.3) is 0 Å². The molecule has 1 saturated heterocycles. The molecule has 2 rings (SSSR count). The molecule has 1 aliphatic heterocycles. The van der Waals surface area contributed by atoms with Crippen LogP contribution < -0.4 is 0 Å². The summed E-state index contributed by atoms with van der Waals surface area (Å²) in [7, 11) is 0. The van der Waals surface area contributed by atoms with Crippen LogP contribution in [0.4, 0.5) is 0 Å². The second kappa shape index (κ2) is 4.78. The van der Waals surface area contributed by atoms with Gasteiger partial charge in [0.1, 0.15) is 6.29 Å². The van der Waals surface area contributed by atoms with E-state index in [-0.39, 0.29) is 12.1 Å². The molecule has 4 nitrogen and oxygen atoms in total. The Morgan fingerprint density at radius 2 is 2.31 bits per heavy atom. The van der Waals surface area contributed by atoms with Gasteiger partial charge in [0, 0.05) is 19.3 Å². The van der Waals surface area contributed by atoms with E-state index in [2.05, 4.69) is 0 Å². The van der Waals surface area contributed by atoms with Crippen molar-refractivity contribution in [2.75, 3.05) is 0 Å². The minimum absolute atomic E-state index is 0.0989. The second-order valence-corrected chi connectivity index (χ2v) is 4.35. The molecule has 0 unspecified atom stereocenters. The first-order valence-corrected chi connectivity index (χ1v) is 5.67. The van der Waals surface area contributed by atoms with Gasteiger partial charge in [-0.3, -0.25) is 9.59 Å². The second-order valence-electron chi connectivity index (χ2n) is 4.35. The summed E-state index contributed by atoms with van der Waals surface area (Å²) in [6.45, 7) is 1.39. The molecular weight excluding hydrogens is 208 g/mol. The summed E-state index contributed by atoms with van der Waals surface area (Å²) < 4.78 is 10.7. The Bertz CT molecular complexity index is 321. The van der Waals surface area contributed by atoms with Crippen molar-refractivity contribution in [1.29, 1.82) is 0 Å². The Hall–Kier alpha value is -1.16. The molecule has 0 aromatic rings. The maximum Gasteiger partial charge on any atom is 0.304 e. The SMILES string of the molecule is CC(=O)O[C@H]1CC[C@H]2C=C(C=O)CC[C@@H]2O1. The molecule has 2 aliphatic rings. The molecule has 3 atom stereocenters. The van der Waals surface area contributed by atoms with E-state index in [1.807, 2.05) is 6.08 Å². The summed E-state index contributed by atoms with van der Waals surface area (Å²) in [5.41, 5.74) is 0.871. The minimum atomic E-state index is -0.398. The highest BCUT2D eigenvalue weighted by Gasteiger charge is 2.33. The van der Waals surface area contributed by atoms with E-state index in [0.717, 1.165) is 31.1 Å². The van der Waals surface area contributed by atoms with Crippen LogP contribution in [0.15, 0.2) is 11.6 Å². The number of carbonyl (C=O) groups excluding carboxylic acids is 2. The summed E-state index contributed by atoms with van der Waals surface area (Å²) in [4.78, 5) is 21.5. The van der Waals surface area contributed by atoms with E-state index in [9.17, 15) is 9.59 Å². The van der Waals surface area contributed by atoms with Crippen LogP contribution in [0.5, 0.6) is 0 Å². The Morgan fingerprint density at radius 3 is 3.00 bits per heavy atom. The lowest BCUT2D eigenvalue weighted by atomic mass is 9.83. The maximum absolute atomic E-state index is 10.8. The number of fused-ring (bicyclic) bond motifs is 1. The van der Waals surface area contributed by atoms with Crippen LogP contribution in [-0.4, -0.2) is 24.6 Å². The fourth-order valence-electron chi connectivity index (χ4n) is 2.39. The number of allylic oxidation sites excluding steroid dienone is 1. The predicted octanol–water partition coefficient (Wildman–Crippen LogP) is 1.59. The highest BCUT2D eigenvalue weighted by Crippen LogP contribution is 2.34. The molecule has 0 aromatic carbocycles.